The number of hydrogen-bond donors (Lipinski definition) is 2. The van der Waals surface area contributed by atoms with Crippen LogP contribution in [-0.2, 0) is 19.1 Å². The minimum Gasteiger partial charge on any atom is -0.472 e. The number of furan rings is 2. The molecule has 2 N–H and O–H groups in total. The van der Waals surface area contributed by atoms with Crippen LogP contribution < -0.4 is 10.6 Å². The molecule has 9 nitrogen and oxygen atoms in total. The van der Waals surface area contributed by atoms with Crippen LogP contribution in [0.5, 0.6) is 0 Å². The first-order valence-electron chi connectivity index (χ1n) is 17.8. The molecule has 2 aromatic rings. The maximum Gasteiger partial charge on any atom is 0.314 e. The summed E-state index contributed by atoms with van der Waals surface area (Å²) in [6, 6.07) is 3.51. The Morgan fingerprint density at radius 1 is 0.729 bits per heavy atom. The summed E-state index contributed by atoms with van der Waals surface area (Å²) in [5.41, 5.74) is 5.60. The van der Waals surface area contributed by atoms with Gasteiger partial charge in [-0.1, -0.05) is 36.1 Å². The number of carbonyl (C=O) groups is 3. The molecule has 0 bridgehead atoms. The number of ether oxygens (including phenoxy) is 2. The van der Waals surface area contributed by atoms with Crippen LogP contribution in [0, 0.1) is 34.5 Å². The minimum atomic E-state index is -0.637. The third-order valence-corrected chi connectivity index (χ3v) is 12.4. The molecule has 4 aliphatic rings. The fourth-order valence-electron chi connectivity index (χ4n) is 9.70. The third-order valence-electron chi connectivity index (χ3n) is 12.4. The minimum absolute atomic E-state index is 0.0173. The zero-order valence-corrected chi connectivity index (χ0v) is 29.4. The first-order valence-corrected chi connectivity index (χ1v) is 17.8. The van der Waals surface area contributed by atoms with Crippen LogP contribution in [0.2, 0.25) is 0 Å². The number of esters is 2. The van der Waals surface area contributed by atoms with Crippen molar-refractivity contribution in [2.24, 2.45) is 34.5 Å². The normalized spacial score (nSPS) is 33.2. The van der Waals surface area contributed by atoms with Gasteiger partial charge in [0.2, 0.25) is 0 Å². The molecule has 9 heteroatoms. The number of urea groups is 1. The van der Waals surface area contributed by atoms with Crippen molar-refractivity contribution >= 4 is 18.0 Å². The van der Waals surface area contributed by atoms with E-state index in [0.717, 1.165) is 36.8 Å². The van der Waals surface area contributed by atoms with Crippen molar-refractivity contribution in [3.63, 3.8) is 0 Å². The van der Waals surface area contributed by atoms with Crippen LogP contribution in [0.1, 0.15) is 116 Å². The predicted octanol–water partition coefficient (Wildman–Crippen LogP) is 8.37. The van der Waals surface area contributed by atoms with Gasteiger partial charge >= 0.3 is 18.0 Å². The second kappa shape index (κ2) is 13.6. The maximum atomic E-state index is 13.7. The number of allylic oxidation sites excluding steroid dienone is 4. The Bertz CT molecular complexity index is 1430. The average molecular weight is 661 g/mol. The molecule has 2 spiro atoms. The lowest BCUT2D eigenvalue weighted by molar-refractivity contribution is -0.155. The quantitative estimate of drug-likeness (QED) is 0.216. The SMILES string of the molecule is CC(C)=C1CC[C@@H](C)[C@]2(C[C@@H](c3ccoc3)OC2=O)[C@H]1CCNC(=O)NCC[C@H]1C(=C(C)C)CC[C@@H](C)[C@]12C[C@@H](c1ccoc1)OC2=O. The van der Waals surface area contributed by atoms with Gasteiger partial charge in [0.1, 0.15) is 12.2 Å². The van der Waals surface area contributed by atoms with Crippen molar-refractivity contribution in [3.8, 4) is 0 Å². The fourth-order valence-corrected chi connectivity index (χ4v) is 9.70. The van der Waals surface area contributed by atoms with Gasteiger partial charge in [-0.3, -0.25) is 9.59 Å². The fraction of sp³-hybridized carbons (Fsp3) is 0.615. The topological polar surface area (TPSA) is 120 Å². The largest absolute Gasteiger partial charge is 0.472 e. The van der Waals surface area contributed by atoms with E-state index in [1.54, 1.807) is 25.1 Å². The zero-order chi connectivity index (χ0) is 34.2. The van der Waals surface area contributed by atoms with Gasteiger partial charge in [-0.25, -0.2) is 4.79 Å². The van der Waals surface area contributed by atoms with Crippen LogP contribution >= 0.6 is 0 Å². The summed E-state index contributed by atoms with van der Waals surface area (Å²) in [6.07, 6.45) is 12.2. The smallest absolute Gasteiger partial charge is 0.314 e. The molecule has 260 valence electrons. The molecule has 8 atom stereocenters. The predicted molar refractivity (Wildman–Crippen MR) is 180 cm³/mol. The number of rotatable bonds is 8. The van der Waals surface area contributed by atoms with Crippen molar-refractivity contribution in [3.05, 3.63) is 70.6 Å². The number of cyclic esters (lactones) is 2. The second-order valence-corrected chi connectivity index (χ2v) is 15.2. The zero-order valence-electron chi connectivity index (χ0n) is 29.4. The van der Waals surface area contributed by atoms with Crippen molar-refractivity contribution < 1.29 is 32.7 Å². The molecule has 2 saturated carbocycles. The Hall–Kier alpha value is -3.75. The van der Waals surface area contributed by atoms with Crippen LogP contribution in [0.3, 0.4) is 0 Å². The van der Waals surface area contributed by atoms with Crippen LogP contribution in [0.25, 0.3) is 0 Å². The van der Waals surface area contributed by atoms with Crippen molar-refractivity contribution in [1.82, 2.24) is 10.6 Å². The molecular formula is C39H52N2O7. The van der Waals surface area contributed by atoms with Gasteiger partial charge in [-0.2, -0.15) is 0 Å². The van der Waals surface area contributed by atoms with Crippen molar-refractivity contribution in [2.75, 3.05) is 13.1 Å². The van der Waals surface area contributed by atoms with Crippen molar-refractivity contribution in [2.45, 2.75) is 105 Å². The summed E-state index contributed by atoms with van der Waals surface area (Å²) in [6.45, 7) is 13.7. The standard InChI is InChI=1S/C39H52N2O7/c1-23(2)29-9-7-25(5)38(19-33(47-35(38)42)27-13-17-45-21-27)31(29)11-15-40-37(44)41-16-12-32-30(24(3)4)10-8-26(6)39(32)20-34(48-36(39)43)28-14-18-46-22-28/h13-14,17-18,21-22,25-26,31-34H,7-12,15-16,19-20H2,1-6H3,(H2,40,41,44)/t25-,26-,31+,32+,33+,34+,38-,39-/m1/s1. The first kappa shape index (κ1) is 34.1. The summed E-state index contributed by atoms with van der Waals surface area (Å²) in [4.78, 5) is 40.7. The Kier molecular flexibility index (Phi) is 9.69. The number of amides is 2. The van der Waals surface area contributed by atoms with Gasteiger partial charge in [0.25, 0.3) is 0 Å². The summed E-state index contributed by atoms with van der Waals surface area (Å²) in [5.74, 6) is 0.00975. The Morgan fingerprint density at radius 3 is 1.50 bits per heavy atom. The highest BCUT2D eigenvalue weighted by molar-refractivity contribution is 5.82. The molecule has 2 aliphatic carbocycles. The van der Waals surface area contributed by atoms with E-state index in [0.29, 0.717) is 38.8 Å². The lowest BCUT2D eigenvalue weighted by Crippen LogP contribution is -2.48. The maximum absolute atomic E-state index is 13.7. The molecule has 6 rings (SSSR count). The molecule has 2 amide bonds. The van der Waals surface area contributed by atoms with Gasteiger partial charge < -0.3 is 28.9 Å². The second-order valence-electron chi connectivity index (χ2n) is 15.2. The monoisotopic (exact) mass is 660 g/mol. The van der Waals surface area contributed by atoms with Gasteiger partial charge in [0.05, 0.1) is 35.9 Å². The highest BCUT2D eigenvalue weighted by Crippen LogP contribution is 2.60. The van der Waals surface area contributed by atoms with Crippen LogP contribution in [-0.4, -0.2) is 31.1 Å². The molecule has 0 radical (unpaired) electrons. The van der Waals surface area contributed by atoms with Gasteiger partial charge in [0.15, 0.2) is 0 Å². The van der Waals surface area contributed by atoms with E-state index < -0.39 is 10.8 Å². The summed E-state index contributed by atoms with van der Waals surface area (Å²) < 4.78 is 22.6. The highest BCUT2D eigenvalue weighted by Gasteiger charge is 2.61. The summed E-state index contributed by atoms with van der Waals surface area (Å²) >= 11 is 0. The van der Waals surface area contributed by atoms with Gasteiger partial charge in [0, 0.05) is 37.1 Å². The molecule has 2 aromatic heterocycles. The van der Waals surface area contributed by atoms with Crippen molar-refractivity contribution in [1.29, 1.82) is 0 Å². The average Bonchev–Trinajstić information content (AvgIpc) is 3.86. The van der Waals surface area contributed by atoms with E-state index in [9.17, 15) is 14.4 Å². The molecule has 48 heavy (non-hydrogen) atoms. The Labute approximate surface area is 284 Å². The summed E-state index contributed by atoms with van der Waals surface area (Å²) in [7, 11) is 0. The van der Waals surface area contributed by atoms with E-state index in [1.165, 1.54) is 22.3 Å². The third kappa shape index (κ3) is 5.91. The van der Waals surface area contributed by atoms with Gasteiger partial charge in [-0.05, 0) is 102 Å². The van der Waals surface area contributed by atoms with Gasteiger partial charge in [-0.15, -0.1) is 0 Å². The molecule has 0 unspecified atom stereocenters. The molecule has 0 aromatic carbocycles. The van der Waals surface area contributed by atoms with E-state index in [2.05, 4.69) is 52.2 Å². The molecule has 2 saturated heterocycles. The molecule has 4 fully saturated rings. The van der Waals surface area contributed by atoms with Crippen LogP contribution in [0.4, 0.5) is 4.79 Å². The summed E-state index contributed by atoms with van der Waals surface area (Å²) in [5, 5.41) is 6.17. The van der Waals surface area contributed by atoms with E-state index >= 15 is 0 Å². The van der Waals surface area contributed by atoms with E-state index in [4.69, 9.17) is 18.3 Å². The Balaban J connectivity index is 1.11. The number of hydrogen-bond acceptors (Lipinski definition) is 7. The molecule has 4 heterocycles. The van der Waals surface area contributed by atoms with E-state index in [-0.39, 0.29) is 53.8 Å². The molecular weight excluding hydrogens is 608 g/mol. The van der Waals surface area contributed by atoms with Crippen LogP contribution in [0.15, 0.2) is 68.3 Å². The number of nitrogens with one attached hydrogen (secondary N) is 2. The lowest BCUT2D eigenvalue weighted by atomic mass is 9.56. The Morgan fingerprint density at radius 2 is 1.15 bits per heavy atom. The lowest BCUT2D eigenvalue weighted by Gasteiger charge is -2.45. The van der Waals surface area contributed by atoms with E-state index in [1.807, 2.05) is 12.1 Å². The number of carbonyl (C=O) groups excluding carboxylic acids is 3. The highest BCUT2D eigenvalue weighted by atomic mass is 16.6. The first-order chi connectivity index (χ1) is 23.0. The molecule has 2 aliphatic heterocycles.